The number of hydrogen-bond donors (Lipinski definition) is 1. The summed E-state index contributed by atoms with van der Waals surface area (Å²) in [7, 11) is 0. The summed E-state index contributed by atoms with van der Waals surface area (Å²) in [6, 6.07) is 14.5. The van der Waals surface area contributed by atoms with Crippen LogP contribution in [0.25, 0.3) is 6.08 Å². The van der Waals surface area contributed by atoms with Crippen LogP contribution in [0.1, 0.15) is 18.1 Å². The number of carbonyl (C=O) groups is 2. The number of ether oxygens (including phenoxy) is 2. The molecule has 0 saturated heterocycles. The number of ketones is 1. The molecule has 0 fully saturated rings. The fraction of sp³-hybridized carbons (Fsp3) is 0.200. The molecule has 25 heavy (non-hydrogen) atoms. The minimum absolute atomic E-state index is 0.0753. The van der Waals surface area contributed by atoms with E-state index in [1.165, 1.54) is 13.0 Å². The van der Waals surface area contributed by atoms with E-state index in [1.807, 2.05) is 36.4 Å². The molecule has 0 saturated carbocycles. The Morgan fingerprint density at radius 2 is 1.88 bits per heavy atom. The number of Topliss-reactive ketones (excluding diaryl/α,β-unsaturated/α-hetero) is 1. The monoisotopic (exact) mass is 337 g/mol. The lowest BCUT2D eigenvalue weighted by atomic mass is 10.0. The Balaban J connectivity index is 1.62. The summed E-state index contributed by atoms with van der Waals surface area (Å²) in [6.07, 6.45) is 3.56. The van der Waals surface area contributed by atoms with Crippen molar-refractivity contribution < 1.29 is 19.1 Å². The summed E-state index contributed by atoms with van der Waals surface area (Å²) in [6.45, 7) is 1.69. The van der Waals surface area contributed by atoms with Crippen molar-refractivity contribution in [1.82, 2.24) is 5.32 Å². The highest BCUT2D eigenvalue weighted by Crippen LogP contribution is 2.32. The molecule has 2 aromatic rings. The Morgan fingerprint density at radius 1 is 1.12 bits per heavy atom. The topological polar surface area (TPSA) is 64.6 Å². The summed E-state index contributed by atoms with van der Waals surface area (Å²) in [4.78, 5) is 24.0. The summed E-state index contributed by atoms with van der Waals surface area (Å²) in [5, 5.41) is 2.76. The Hall–Kier alpha value is -3.08. The second-order valence-corrected chi connectivity index (χ2v) is 5.81. The van der Waals surface area contributed by atoms with Crippen LogP contribution in [0.15, 0.2) is 54.6 Å². The lowest BCUT2D eigenvalue weighted by molar-refractivity contribution is -0.124. The average molecular weight is 337 g/mol. The van der Waals surface area contributed by atoms with Crippen molar-refractivity contribution in [3.63, 3.8) is 0 Å². The molecule has 1 amide bonds. The van der Waals surface area contributed by atoms with Crippen molar-refractivity contribution in [2.24, 2.45) is 0 Å². The summed E-state index contributed by atoms with van der Waals surface area (Å²) in [5.74, 6) is 0.969. The highest BCUT2D eigenvalue weighted by molar-refractivity contribution is 5.95. The van der Waals surface area contributed by atoms with Crippen LogP contribution >= 0.6 is 0 Å². The molecule has 0 bridgehead atoms. The van der Waals surface area contributed by atoms with Gasteiger partial charge in [0.2, 0.25) is 12.7 Å². The molecule has 1 heterocycles. The molecule has 0 aliphatic carbocycles. The fourth-order valence-corrected chi connectivity index (χ4v) is 2.55. The van der Waals surface area contributed by atoms with E-state index in [0.717, 1.165) is 11.1 Å². The number of carbonyl (C=O) groups excluding carboxylic acids is 2. The van der Waals surface area contributed by atoms with Gasteiger partial charge in [-0.25, -0.2) is 0 Å². The standard InChI is InChI=1S/C20H19NO4/c1-14(22)17(11-15-5-3-2-4-6-15)21-20(23)10-8-16-7-9-18-19(12-16)25-13-24-18/h2-10,12,17H,11,13H2,1H3,(H,21,23)/b10-8+/t17-/m0/s1. The number of fused-ring (bicyclic) bond motifs is 1. The third-order valence-electron chi connectivity index (χ3n) is 3.91. The molecule has 1 atom stereocenters. The predicted octanol–water partition coefficient (Wildman–Crippen LogP) is 2.75. The molecule has 1 aliphatic heterocycles. The van der Waals surface area contributed by atoms with Gasteiger partial charge >= 0.3 is 0 Å². The summed E-state index contributed by atoms with van der Waals surface area (Å²) < 4.78 is 10.6. The quantitative estimate of drug-likeness (QED) is 0.823. The van der Waals surface area contributed by atoms with E-state index >= 15 is 0 Å². The van der Waals surface area contributed by atoms with Crippen LogP contribution in [-0.2, 0) is 16.0 Å². The molecule has 2 aromatic carbocycles. The zero-order valence-electron chi connectivity index (χ0n) is 13.9. The van der Waals surface area contributed by atoms with Gasteiger partial charge < -0.3 is 14.8 Å². The fourth-order valence-electron chi connectivity index (χ4n) is 2.55. The normalized spacial score (nSPS) is 13.6. The Bertz CT molecular complexity index is 799. The number of amides is 1. The third kappa shape index (κ3) is 4.47. The average Bonchev–Trinajstić information content (AvgIpc) is 3.08. The molecule has 0 unspecified atom stereocenters. The molecule has 0 aromatic heterocycles. The lowest BCUT2D eigenvalue weighted by Gasteiger charge is -2.14. The minimum Gasteiger partial charge on any atom is -0.454 e. The maximum absolute atomic E-state index is 12.1. The molecule has 3 rings (SSSR count). The van der Waals surface area contributed by atoms with Crippen molar-refractivity contribution in [1.29, 1.82) is 0 Å². The predicted molar refractivity (Wildman–Crippen MR) is 94.4 cm³/mol. The Morgan fingerprint density at radius 3 is 2.64 bits per heavy atom. The van der Waals surface area contributed by atoms with E-state index in [9.17, 15) is 9.59 Å². The largest absolute Gasteiger partial charge is 0.454 e. The van der Waals surface area contributed by atoms with Crippen LogP contribution < -0.4 is 14.8 Å². The van der Waals surface area contributed by atoms with Crippen LogP contribution in [0, 0.1) is 0 Å². The number of benzene rings is 2. The van der Waals surface area contributed by atoms with Gasteiger partial charge in [-0.1, -0.05) is 36.4 Å². The SMILES string of the molecule is CC(=O)[C@H](Cc1ccccc1)NC(=O)/C=C/c1ccc2c(c1)OCO2. The van der Waals surface area contributed by atoms with Gasteiger partial charge in [0.1, 0.15) is 0 Å². The van der Waals surface area contributed by atoms with Crippen molar-refractivity contribution in [3.05, 3.63) is 65.7 Å². The number of hydrogen-bond acceptors (Lipinski definition) is 4. The van der Waals surface area contributed by atoms with Gasteiger partial charge in [0.15, 0.2) is 17.3 Å². The second-order valence-electron chi connectivity index (χ2n) is 5.81. The summed E-state index contributed by atoms with van der Waals surface area (Å²) >= 11 is 0. The highest BCUT2D eigenvalue weighted by atomic mass is 16.7. The maximum Gasteiger partial charge on any atom is 0.244 e. The third-order valence-corrected chi connectivity index (χ3v) is 3.91. The van der Waals surface area contributed by atoms with Crippen molar-refractivity contribution in [2.45, 2.75) is 19.4 Å². The summed E-state index contributed by atoms with van der Waals surface area (Å²) in [5.41, 5.74) is 1.82. The van der Waals surface area contributed by atoms with Gasteiger partial charge in [-0.05, 0) is 42.7 Å². The van der Waals surface area contributed by atoms with Gasteiger partial charge in [0, 0.05) is 6.08 Å². The van der Waals surface area contributed by atoms with Crippen molar-refractivity contribution >= 4 is 17.8 Å². The van der Waals surface area contributed by atoms with Gasteiger partial charge in [0.05, 0.1) is 6.04 Å². The molecule has 5 heteroatoms. The van der Waals surface area contributed by atoms with E-state index in [1.54, 1.807) is 18.2 Å². The molecule has 0 spiro atoms. The molecule has 0 radical (unpaired) electrons. The minimum atomic E-state index is -0.545. The van der Waals surface area contributed by atoms with Crippen LogP contribution in [0.2, 0.25) is 0 Å². The molecular formula is C20H19NO4. The van der Waals surface area contributed by atoms with Gasteiger partial charge in [-0.15, -0.1) is 0 Å². The first-order chi connectivity index (χ1) is 12.1. The van der Waals surface area contributed by atoms with Crippen molar-refractivity contribution in [3.8, 4) is 11.5 Å². The van der Waals surface area contributed by atoms with Gasteiger partial charge in [-0.3, -0.25) is 9.59 Å². The van der Waals surface area contributed by atoms with E-state index in [2.05, 4.69) is 5.32 Å². The van der Waals surface area contributed by atoms with Crippen LogP contribution in [0.3, 0.4) is 0 Å². The molecule has 1 aliphatic rings. The van der Waals surface area contributed by atoms with E-state index in [-0.39, 0.29) is 18.5 Å². The highest BCUT2D eigenvalue weighted by Gasteiger charge is 2.16. The molecular weight excluding hydrogens is 318 g/mol. The molecule has 128 valence electrons. The van der Waals surface area contributed by atoms with E-state index < -0.39 is 6.04 Å². The first-order valence-corrected chi connectivity index (χ1v) is 8.04. The van der Waals surface area contributed by atoms with Crippen LogP contribution in [-0.4, -0.2) is 24.5 Å². The van der Waals surface area contributed by atoms with Crippen molar-refractivity contribution in [2.75, 3.05) is 6.79 Å². The second kappa shape index (κ2) is 7.66. The maximum atomic E-state index is 12.1. The number of nitrogens with one attached hydrogen (secondary N) is 1. The zero-order valence-corrected chi connectivity index (χ0v) is 13.9. The van der Waals surface area contributed by atoms with E-state index in [0.29, 0.717) is 17.9 Å². The Kier molecular flexibility index (Phi) is 5.14. The smallest absolute Gasteiger partial charge is 0.244 e. The Labute approximate surface area is 146 Å². The van der Waals surface area contributed by atoms with Gasteiger partial charge in [0.25, 0.3) is 0 Å². The molecule has 5 nitrogen and oxygen atoms in total. The first-order valence-electron chi connectivity index (χ1n) is 8.04. The van der Waals surface area contributed by atoms with Crippen LogP contribution in [0.4, 0.5) is 0 Å². The zero-order chi connectivity index (χ0) is 17.6. The lowest BCUT2D eigenvalue weighted by Crippen LogP contribution is -2.40. The number of rotatable bonds is 6. The first kappa shape index (κ1) is 16.8. The van der Waals surface area contributed by atoms with Crippen LogP contribution in [0.5, 0.6) is 11.5 Å². The molecule has 1 N–H and O–H groups in total. The van der Waals surface area contributed by atoms with Gasteiger partial charge in [-0.2, -0.15) is 0 Å². The van der Waals surface area contributed by atoms with E-state index in [4.69, 9.17) is 9.47 Å².